The van der Waals surface area contributed by atoms with E-state index in [1.54, 1.807) is 29.1 Å². The predicted octanol–water partition coefficient (Wildman–Crippen LogP) is 0.510. The Morgan fingerprint density at radius 2 is 2.30 bits per heavy atom. The zero-order chi connectivity index (χ0) is 16.2. The van der Waals surface area contributed by atoms with Crippen molar-refractivity contribution in [3.05, 3.63) is 57.2 Å². The van der Waals surface area contributed by atoms with Crippen molar-refractivity contribution in [2.75, 3.05) is 0 Å². The molecule has 0 fully saturated rings. The minimum absolute atomic E-state index is 0.0786. The maximum absolute atomic E-state index is 11.9. The van der Waals surface area contributed by atoms with Crippen LogP contribution < -0.4 is 10.9 Å². The second-order valence-electron chi connectivity index (χ2n) is 4.91. The summed E-state index contributed by atoms with van der Waals surface area (Å²) >= 11 is 1.57. The first-order valence-corrected chi connectivity index (χ1v) is 7.80. The lowest BCUT2D eigenvalue weighted by Crippen LogP contribution is -2.32. The fourth-order valence-electron chi connectivity index (χ4n) is 1.93. The Hall–Kier alpha value is -2.81. The zero-order valence-corrected chi connectivity index (χ0v) is 13.2. The summed E-state index contributed by atoms with van der Waals surface area (Å²) in [5.41, 5.74) is 1.93. The molecule has 3 heterocycles. The smallest absolute Gasteiger partial charge is 0.253 e. The Morgan fingerprint density at radius 3 is 3.04 bits per heavy atom. The lowest BCUT2D eigenvalue weighted by Gasteiger charge is -2.05. The predicted molar refractivity (Wildman–Crippen MR) is 84.3 cm³/mol. The number of hydrogen-bond donors (Lipinski definition) is 1. The van der Waals surface area contributed by atoms with Crippen LogP contribution >= 0.6 is 11.3 Å². The molecule has 23 heavy (non-hydrogen) atoms. The summed E-state index contributed by atoms with van der Waals surface area (Å²) in [6.07, 6.45) is 3.12. The van der Waals surface area contributed by atoms with Gasteiger partial charge in [0.1, 0.15) is 12.2 Å². The van der Waals surface area contributed by atoms with Gasteiger partial charge in [0.05, 0.1) is 24.8 Å². The minimum Gasteiger partial charge on any atom is -0.349 e. The second kappa shape index (κ2) is 6.53. The molecule has 0 atom stereocenters. The van der Waals surface area contributed by atoms with Crippen LogP contribution in [-0.4, -0.2) is 30.5 Å². The van der Waals surface area contributed by atoms with Crippen molar-refractivity contribution in [1.82, 2.24) is 29.9 Å². The highest BCUT2D eigenvalue weighted by molar-refractivity contribution is 7.08. The van der Waals surface area contributed by atoms with Crippen molar-refractivity contribution in [3.8, 4) is 5.69 Å². The summed E-state index contributed by atoms with van der Waals surface area (Å²) < 4.78 is 2.90. The molecule has 9 heteroatoms. The number of amides is 1. The molecule has 1 amide bonds. The molecule has 0 saturated carbocycles. The van der Waals surface area contributed by atoms with E-state index in [1.165, 1.54) is 17.0 Å². The molecular formula is C14H14N6O2S. The van der Waals surface area contributed by atoms with E-state index in [4.69, 9.17) is 0 Å². The Labute approximate surface area is 135 Å². The molecule has 118 valence electrons. The number of hydrogen-bond acceptors (Lipinski definition) is 6. The first-order chi connectivity index (χ1) is 11.1. The highest BCUT2D eigenvalue weighted by Crippen LogP contribution is 2.10. The maximum Gasteiger partial charge on any atom is 0.253 e. The normalized spacial score (nSPS) is 10.7. The van der Waals surface area contributed by atoms with Gasteiger partial charge in [-0.15, -0.1) is 5.10 Å². The Kier molecular flexibility index (Phi) is 4.29. The van der Waals surface area contributed by atoms with Crippen LogP contribution in [0.5, 0.6) is 0 Å². The first-order valence-electron chi connectivity index (χ1n) is 6.85. The van der Waals surface area contributed by atoms with Gasteiger partial charge in [-0.05, 0) is 18.4 Å². The molecule has 0 saturated heterocycles. The van der Waals surface area contributed by atoms with Crippen LogP contribution in [-0.2, 0) is 17.9 Å². The third kappa shape index (κ3) is 3.69. The topological polar surface area (TPSA) is 94.7 Å². The van der Waals surface area contributed by atoms with Crippen LogP contribution in [0.2, 0.25) is 0 Å². The van der Waals surface area contributed by atoms with Gasteiger partial charge in [0.25, 0.3) is 5.56 Å². The molecule has 0 radical (unpaired) electrons. The minimum atomic E-state index is -0.289. The van der Waals surface area contributed by atoms with E-state index in [9.17, 15) is 9.59 Å². The van der Waals surface area contributed by atoms with Gasteiger partial charge >= 0.3 is 0 Å². The second-order valence-corrected chi connectivity index (χ2v) is 5.69. The molecule has 0 spiro atoms. The van der Waals surface area contributed by atoms with E-state index >= 15 is 0 Å². The standard InChI is InChI=1S/C14H14N6O2S/c1-10-4-14(22)19(9-16-10)7-13(21)15-5-11-6-20(18-17-11)12-2-3-23-8-12/h2-4,6,8-9H,5,7H2,1H3,(H,15,21). The summed E-state index contributed by atoms with van der Waals surface area (Å²) in [4.78, 5) is 27.6. The number of aryl methyl sites for hydroxylation is 1. The van der Waals surface area contributed by atoms with Crippen molar-refractivity contribution in [1.29, 1.82) is 0 Å². The van der Waals surface area contributed by atoms with Crippen LogP contribution in [0.4, 0.5) is 0 Å². The summed E-state index contributed by atoms with van der Waals surface area (Å²) in [6.45, 7) is 1.89. The highest BCUT2D eigenvalue weighted by atomic mass is 32.1. The highest BCUT2D eigenvalue weighted by Gasteiger charge is 2.07. The van der Waals surface area contributed by atoms with E-state index in [1.807, 2.05) is 16.8 Å². The molecule has 3 rings (SSSR count). The molecule has 3 aromatic rings. The van der Waals surface area contributed by atoms with Crippen LogP contribution in [0.1, 0.15) is 11.4 Å². The van der Waals surface area contributed by atoms with Crippen molar-refractivity contribution < 1.29 is 4.79 Å². The first kappa shape index (κ1) is 15.1. The van der Waals surface area contributed by atoms with Gasteiger partial charge in [-0.3, -0.25) is 14.2 Å². The maximum atomic E-state index is 11.9. The largest absolute Gasteiger partial charge is 0.349 e. The number of nitrogens with zero attached hydrogens (tertiary/aromatic N) is 5. The van der Waals surface area contributed by atoms with Gasteiger partial charge in [0.2, 0.25) is 5.91 Å². The van der Waals surface area contributed by atoms with E-state index in [-0.39, 0.29) is 24.6 Å². The lowest BCUT2D eigenvalue weighted by atomic mass is 10.4. The van der Waals surface area contributed by atoms with Crippen molar-refractivity contribution in [2.45, 2.75) is 20.0 Å². The molecule has 0 aliphatic rings. The number of rotatable bonds is 5. The summed E-state index contributed by atoms with van der Waals surface area (Å²) in [6, 6.07) is 3.32. The van der Waals surface area contributed by atoms with Gasteiger partial charge in [0, 0.05) is 17.1 Å². The molecule has 0 aliphatic carbocycles. The molecule has 3 aromatic heterocycles. The molecule has 0 aromatic carbocycles. The third-order valence-corrected chi connectivity index (χ3v) is 3.78. The summed E-state index contributed by atoms with van der Waals surface area (Å²) in [5.74, 6) is -0.289. The number of carbonyl (C=O) groups excluding carboxylic acids is 1. The number of aromatic nitrogens is 5. The quantitative estimate of drug-likeness (QED) is 0.735. The molecule has 1 N–H and O–H groups in total. The number of nitrogens with one attached hydrogen (secondary N) is 1. The van der Waals surface area contributed by atoms with Crippen LogP contribution in [0.3, 0.4) is 0 Å². The average Bonchev–Trinajstić information content (AvgIpc) is 3.18. The fourth-order valence-corrected chi connectivity index (χ4v) is 2.55. The summed E-state index contributed by atoms with van der Waals surface area (Å²) in [7, 11) is 0. The van der Waals surface area contributed by atoms with Crippen molar-refractivity contribution >= 4 is 17.2 Å². The zero-order valence-electron chi connectivity index (χ0n) is 12.3. The van der Waals surface area contributed by atoms with Gasteiger partial charge < -0.3 is 5.32 Å². The number of carbonyl (C=O) groups is 1. The van der Waals surface area contributed by atoms with Crippen LogP contribution in [0.25, 0.3) is 5.69 Å². The monoisotopic (exact) mass is 330 g/mol. The van der Waals surface area contributed by atoms with E-state index < -0.39 is 0 Å². The van der Waals surface area contributed by atoms with Crippen LogP contribution in [0, 0.1) is 6.92 Å². The molecule has 0 bridgehead atoms. The van der Waals surface area contributed by atoms with Gasteiger partial charge in [-0.25, -0.2) is 9.67 Å². The number of thiophene rings is 1. The van der Waals surface area contributed by atoms with Gasteiger partial charge in [-0.2, -0.15) is 11.3 Å². The Bertz CT molecular complexity index is 868. The van der Waals surface area contributed by atoms with Gasteiger partial charge in [0.15, 0.2) is 0 Å². The average molecular weight is 330 g/mol. The van der Waals surface area contributed by atoms with Crippen LogP contribution in [0.15, 0.2) is 40.2 Å². The van der Waals surface area contributed by atoms with E-state index in [0.717, 1.165) is 5.69 Å². The summed E-state index contributed by atoms with van der Waals surface area (Å²) in [5, 5.41) is 14.6. The lowest BCUT2D eigenvalue weighted by molar-refractivity contribution is -0.121. The molecule has 8 nitrogen and oxygen atoms in total. The third-order valence-electron chi connectivity index (χ3n) is 3.11. The molecule has 0 aliphatic heterocycles. The fraction of sp³-hybridized carbons (Fsp3) is 0.214. The van der Waals surface area contributed by atoms with Crippen molar-refractivity contribution in [2.24, 2.45) is 0 Å². The molecular weight excluding hydrogens is 316 g/mol. The SMILES string of the molecule is Cc1cc(=O)n(CC(=O)NCc2cn(-c3ccsc3)nn2)cn1. The van der Waals surface area contributed by atoms with Crippen molar-refractivity contribution in [3.63, 3.8) is 0 Å². The molecule has 0 unspecified atom stereocenters. The van der Waals surface area contributed by atoms with Gasteiger partial charge in [-0.1, -0.05) is 5.21 Å². The van der Waals surface area contributed by atoms with E-state index in [0.29, 0.717) is 11.4 Å². The van der Waals surface area contributed by atoms with E-state index in [2.05, 4.69) is 20.6 Å². The Balaban J connectivity index is 1.58. The Morgan fingerprint density at radius 1 is 1.43 bits per heavy atom.